The van der Waals surface area contributed by atoms with Crippen molar-refractivity contribution in [2.45, 2.75) is 6.54 Å². The highest BCUT2D eigenvalue weighted by atomic mass is 16.5. The first-order valence-electron chi connectivity index (χ1n) is 8.50. The molecule has 3 heterocycles. The molecule has 1 aromatic carbocycles. The van der Waals surface area contributed by atoms with E-state index in [9.17, 15) is 9.59 Å². The van der Waals surface area contributed by atoms with Crippen LogP contribution in [0.25, 0.3) is 11.3 Å². The van der Waals surface area contributed by atoms with Crippen molar-refractivity contribution in [1.29, 1.82) is 0 Å². The lowest BCUT2D eigenvalue weighted by atomic mass is 10.1. The first-order chi connectivity index (χ1) is 12.2. The van der Waals surface area contributed by atoms with Crippen molar-refractivity contribution in [1.82, 2.24) is 19.6 Å². The topological polar surface area (TPSA) is 67.7 Å². The molecule has 1 saturated heterocycles. The molecule has 7 heteroatoms. The van der Waals surface area contributed by atoms with Crippen LogP contribution in [-0.2, 0) is 16.1 Å². The fourth-order valence-electron chi connectivity index (χ4n) is 3.22. The molecule has 0 unspecified atom stereocenters. The summed E-state index contributed by atoms with van der Waals surface area (Å²) in [6.45, 7) is 3.53. The number of rotatable bonds is 3. The predicted molar refractivity (Wildman–Crippen MR) is 91.0 cm³/mol. The molecule has 0 aliphatic carbocycles. The number of aromatic nitrogens is 2. The standard InChI is InChI=1S/C18H20N4O3/c23-17(20-8-10-25-11-9-20)13-21-6-7-22-16(18(21)24)12-15(19-22)14-4-2-1-3-5-14/h1-5,12H,6-11,13H2. The van der Waals surface area contributed by atoms with Gasteiger partial charge >= 0.3 is 0 Å². The second-order valence-electron chi connectivity index (χ2n) is 6.22. The highest BCUT2D eigenvalue weighted by Crippen LogP contribution is 2.22. The summed E-state index contributed by atoms with van der Waals surface area (Å²) in [6.07, 6.45) is 0. The number of nitrogens with zero attached hydrogens (tertiary/aromatic N) is 4. The van der Waals surface area contributed by atoms with Crippen molar-refractivity contribution in [3.05, 3.63) is 42.1 Å². The van der Waals surface area contributed by atoms with Gasteiger partial charge in [0.25, 0.3) is 5.91 Å². The maximum Gasteiger partial charge on any atom is 0.272 e. The Labute approximate surface area is 145 Å². The van der Waals surface area contributed by atoms with Crippen LogP contribution in [0.1, 0.15) is 10.5 Å². The van der Waals surface area contributed by atoms with Crippen molar-refractivity contribution in [3.63, 3.8) is 0 Å². The Hall–Kier alpha value is -2.67. The molecule has 1 fully saturated rings. The molecular formula is C18H20N4O3. The highest BCUT2D eigenvalue weighted by molar-refractivity contribution is 5.96. The third kappa shape index (κ3) is 3.15. The molecule has 2 aliphatic heterocycles. The summed E-state index contributed by atoms with van der Waals surface area (Å²) in [5, 5.41) is 4.53. The minimum atomic E-state index is -0.137. The maximum absolute atomic E-state index is 12.7. The normalized spacial score (nSPS) is 17.5. The molecule has 2 aliphatic rings. The zero-order valence-corrected chi connectivity index (χ0v) is 13.9. The van der Waals surface area contributed by atoms with Crippen LogP contribution in [0.2, 0.25) is 0 Å². The Bertz CT molecular complexity index is 781. The smallest absolute Gasteiger partial charge is 0.272 e. The Kier molecular flexibility index (Phi) is 4.23. The van der Waals surface area contributed by atoms with E-state index in [-0.39, 0.29) is 18.4 Å². The average Bonchev–Trinajstić information content (AvgIpc) is 3.11. The molecule has 0 N–H and O–H groups in total. The monoisotopic (exact) mass is 340 g/mol. The zero-order valence-electron chi connectivity index (χ0n) is 13.9. The van der Waals surface area contributed by atoms with Crippen molar-refractivity contribution in [2.24, 2.45) is 0 Å². The summed E-state index contributed by atoms with van der Waals surface area (Å²) in [4.78, 5) is 28.5. The van der Waals surface area contributed by atoms with Crippen molar-refractivity contribution < 1.29 is 14.3 Å². The third-order valence-corrected chi connectivity index (χ3v) is 4.63. The van der Waals surface area contributed by atoms with Crippen LogP contribution in [0.3, 0.4) is 0 Å². The van der Waals surface area contributed by atoms with Gasteiger partial charge in [-0.25, -0.2) is 0 Å². The summed E-state index contributed by atoms with van der Waals surface area (Å²) in [6, 6.07) is 11.6. The molecule has 130 valence electrons. The van der Waals surface area contributed by atoms with Gasteiger partial charge in [0.2, 0.25) is 5.91 Å². The van der Waals surface area contributed by atoms with Crippen LogP contribution >= 0.6 is 0 Å². The summed E-state index contributed by atoms with van der Waals surface area (Å²) in [7, 11) is 0. The van der Waals surface area contributed by atoms with Crippen LogP contribution in [-0.4, -0.2) is 70.8 Å². The SMILES string of the molecule is O=C(CN1CCn2nc(-c3ccccc3)cc2C1=O)N1CCOCC1. The summed E-state index contributed by atoms with van der Waals surface area (Å²) >= 11 is 0. The predicted octanol–water partition coefficient (Wildman–Crippen LogP) is 0.865. The van der Waals surface area contributed by atoms with Crippen molar-refractivity contribution in [2.75, 3.05) is 39.4 Å². The summed E-state index contributed by atoms with van der Waals surface area (Å²) in [5.41, 5.74) is 2.30. The van der Waals surface area contributed by atoms with Gasteiger partial charge in [-0.15, -0.1) is 0 Å². The molecule has 0 saturated carbocycles. The van der Waals surface area contributed by atoms with E-state index in [1.54, 1.807) is 14.5 Å². The lowest BCUT2D eigenvalue weighted by Crippen LogP contribution is -2.49. The van der Waals surface area contributed by atoms with Gasteiger partial charge in [-0.05, 0) is 6.07 Å². The van der Waals surface area contributed by atoms with E-state index in [2.05, 4.69) is 5.10 Å². The van der Waals surface area contributed by atoms with Gasteiger partial charge in [-0.3, -0.25) is 14.3 Å². The molecule has 25 heavy (non-hydrogen) atoms. The number of carbonyl (C=O) groups excluding carboxylic acids is 2. The Balaban J connectivity index is 1.49. The number of hydrogen-bond donors (Lipinski definition) is 0. The van der Waals surface area contributed by atoms with E-state index in [1.165, 1.54) is 0 Å². The molecule has 2 amide bonds. The van der Waals surface area contributed by atoms with Crippen LogP contribution < -0.4 is 0 Å². The molecule has 1 aromatic heterocycles. The molecule has 0 atom stereocenters. The average molecular weight is 340 g/mol. The molecule has 0 bridgehead atoms. The number of benzene rings is 1. The van der Waals surface area contributed by atoms with E-state index < -0.39 is 0 Å². The molecule has 0 radical (unpaired) electrons. The molecule has 4 rings (SSSR count). The van der Waals surface area contributed by atoms with Gasteiger partial charge in [0.15, 0.2) is 0 Å². The molecule has 0 spiro atoms. The number of carbonyl (C=O) groups is 2. The van der Waals surface area contributed by atoms with E-state index >= 15 is 0 Å². The van der Waals surface area contributed by atoms with E-state index in [0.29, 0.717) is 45.1 Å². The van der Waals surface area contributed by atoms with Gasteiger partial charge < -0.3 is 14.5 Å². The minimum absolute atomic E-state index is 0.0205. The second kappa shape index (κ2) is 6.68. The molecule has 2 aromatic rings. The van der Waals surface area contributed by atoms with Crippen LogP contribution in [0.15, 0.2) is 36.4 Å². The lowest BCUT2D eigenvalue weighted by Gasteiger charge is -2.31. The van der Waals surface area contributed by atoms with Crippen LogP contribution in [0, 0.1) is 0 Å². The number of amides is 2. The van der Waals surface area contributed by atoms with E-state index in [0.717, 1.165) is 11.3 Å². The Morgan fingerprint density at radius 2 is 1.84 bits per heavy atom. The first-order valence-corrected chi connectivity index (χ1v) is 8.50. The summed E-state index contributed by atoms with van der Waals surface area (Å²) < 4.78 is 7.00. The lowest BCUT2D eigenvalue weighted by molar-refractivity contribution is -0.136. The van der Waals surface area contributed by atoms with Gasteiger partial charge in [0.1, 0.15) is 12.2 Å². The minimum Gasteiger partial charge on any atom is -0.378 e. The van der Waals surface area contributed by atoms with Gasteiger partial charge in [-0.2, -0.15) is 5.10 Å². The van der Waals surface area contributed by atoms with Gasteiger partial charge in [-0.1, -0.05) is 30.3 Å². The second-order valence-corrected chi connectivity index (χ2v) is 6.22. The van der Waals surface area contributed by atoms with E-state index in [1.807, 2.05) is 36.4 Å². The fraction of sp³-hybridized carbons (Fsp3) is 0.389. The largest absolute Gasteiger partial charge is 0.378 e. The number of morpholine rings is 1. The first kappa shape index (κ1) is 15.8. The summed E-state index contributed by atoms with van der Waals surface area (Å²) in [5.74, 6) is -0.157. The number of hydrogen-bond acceptors (Lipinski definition) is 4. The fourth-order valence-corrected chi connectivity index (χ4v) is 3.22. The van der Waals surface area contributed by atoms with Gasteiger partial charge in [0, 0.05) is 25.2 Å². The highest BCUT2D eigenvalue weighted by Gasteiger charge is 2.29. The maximum atomic E-state index is 12.7. The Morgan fingerprint density at radius 1 is 1.08 bits per heavy atom. The van der Waals surface area contributed by atoms with Crippen LogP contribution in [0.4, 0.5) is 0 Å². The Morgan fingerprint density at radius 3 is 2.60 bits per heavy atom. The molecular weight excluding hydrogens is 320 g/mol. The zero-order chi connectivity index (χ0) is 17.2. The van der Waals surface area contributed by atoms with Crippen molar-refractivity contribution >= 4 is 11.8 Å². The number of ether oxygens (including phenoxy) is 1. The number of fused-ring (bicyclic) bond motifs is 1. The van der Waals surface area contributed by atoms with Gasteiger partial charge in [0.05, 0.1) is 25.5 Å². The van der Waals surface area contributed by atoms with E-state index in [4.69, 9.17) is 4.74 Å². The van der Waals surface area contributed by atoms with Crippen LogP contribution in [0.5, 0.6) is 0 Å². The molecule has 7 nitrogen and oxygen atoms in total. The third-order valence-electron chi connectivity index (χ3n) is 4.63. The van der Waals surface area contributed by atoms with Crippen molar-refractivity contribution in [3.8, 4) is 11.3 Å². The quantitative estimate of drug-likeness (QED) is 0.831.